The molecule has 1 N–H and O–H groups in total. The zero-order valence-corrected chi connectivity index (χ0v) is 15.5. The molecule has 0 saturated carbocycles. The third-order valence-electron chi connectivity index (χ3n) is 4.54. The van der Waals surface area contributed by atoms with Crippen LogP contribution >= 0.6 is 0 Å². The normalized spacial score (nSPS) is 18.2. The van der Waals surface area contributed by atoms with Crippen molar-refractivity contribution >= 4 is 26.8 Å². The van der Waals surface area contributed by atoms with Gasteiger partial charge in [0, 0.05) is 45.2 Å². The Hall–Kier alpha value is -1.90. The number of sulfonamides is 1. The summed E-state index contributed by atoms with van der Waals surface area (Å²) in [6.07, 6.45) is 2.06. The number of carbonyl (C=O) groups excluding carboxylic acids is 1. The molecular weight excluding hydrogens is 342 g/mol. The van der Waals surface area contributed by atoms with E-state index in [0.717, 1.165) is 25.0 Å². The van der Waals surface area contributed by atoms with E-state index < -0.39 is 10.0 Å². The van der Waals surface area contributed by atoms with Crippen molar-refractivity contribution in [3.05, 3.63) is 30.0 Å². The second kappa shape index (κ2) is 6.78. The molecule has 1 aromatic heterocycles. The summed E-state index contributed by atoms with van der Waals surface area (Å²) in [6, 6.07) is 6.60. The summed E-state index contributed by atoms with van der Waals surface area (Å²) in [7, 11) is 1.28. The number of benzene rings is 1. The minimum absolute atomic E-state index is 0.0791. The largest absolute Gasteiger partial charge is 0.376 e. The highest BCUT2D eigenvalue weighted by atomic mass is 32.2. The van der Waals surface area contributed by atoms with Crippen LogP contribution in [0.15, 0.2) is 29.2 Å². The highest BCUT2D eigenvalue weighted by molar-refractivity contribution is 7.89. The van der Waals surface area contributed by atoms with Gasteiger partial charge in [-0.1, -0.05) is 0 Å². The van der Waals surface area contributed by atoms with E-state index in [4.69, 9.17) is 4.74 Å². The van der Waals surface area contributed by atoms with Crippen LogP contribution in [0.4, 0.5) is 0 Å². The molecule has 1 aliphatic heterocycles. The number of hydrogen-bond acceptors (Lipinski definition) is 4. The van der Waals surface area contributed by atoms with Gasteiger partial charge in [-0.3, -0.25) is 4.79 Å². The number of aromatic nitrogens is 1. The maximum Gasteiger partial charge on any atom is 0.268 e. The number of ether oxygens (including phenoxy) is 1. The fourth-order valence-electron chi connectivity index (χ4n) is 3.02. The van der Waals surface area contributed by atoms with E-state index in [1.54, 1.807) is 35.9 Å². The van der Waals surface area contributed by atoms with E-state index in [0.29, 0.717) is 17.6 Å². The Balaban J connectivity index is 1.87. The molecule has 2 aromatic rings. The molecule has 25 heavy (non-hydrogen) atoms. The highest BCUT2D eigenvalue weighted by Crippen LogP contribution is 2.24. The van der Waals surface area contributed by atoms with Crippen LogP contribution in [-0.4, -0.2) is 56.5 Å². The van der Waals surface area contributed by atoms with Crippen LogP contribution in [0.3, 0.4) is 0 Å². The number of rotatable bonds is 5. The zero-order chi connectivity index (χ0) is 18.2. The van der Waals surface area contributed by atoms with E-state index in [1.165, 1.54) is 18.4 Å². The van der Waals surface area contributed by atoms with Crippen LogP contribution in [0.2, 0.25) is 0 Å². The number of fused-ring (bicyclic) bond motifs is 1. The number of hydrogen-bond donors (Lipinski definition) is 1. The van der Waals surface area contributed by atoms with Crippen molar-refractivity contribution in [1.82, 2.24) is 14.2 Å². The molecule has 8 heteroatoms. The first-order chi connectivity index (χ1) is 11.8. The summed E-state index contributed by atoms with van der Waals surface area (Å²) >= 11 is 0. The lowest BCUT2D eigenvalue weighted by Gasteiger charge is -2.11. The van der Waals surface area contributed by atoms with Gasteiger partial charge in [-0.15, -0.1) is 0 Å². The predicted octanol–water partition coefficient (Wildman–Crippen LogP) is 1.34. The molecule has 0 bridgehead atoms. The number of aryl methyl sites for hydroxylation is 1. The molecule has 0 aliphatic carbocycles. The van der Waals surface area contributed by atoms with Gasteiger partial charge in [0.05, 0.1) is 11.0 Å². The summed E-state index contributed by atoms with van der Waals surface area (Å²) in [4.78, 5) is 12.7. The Labute approximate surface area is 147 Å². The molecule has 1 fully saturated rings. The molecule has 0 unspecified atom stereocenters. The SMILES string of the molecule is CN(C)S(=O)(=O)c1ccc2c(c1)cc(C(=O)NC[C@@H]1CCCO1)n2C. The van der Waals surface area contributed by atoms with Crippen molar-refractivity contribution in [2.45, 2.75) is 23.8 Å². The Bertz CT molecular complexity index is 896. The van der Waals surface area contributed by atoms with E-state index in [2.05, 4.69) is 5.32 Å². The topological polar surface area (TPSA) is 80.6 Å². The van der Waals surface area contributed by atoms with Crippen molar-refractivity contribution in [3.8, 4) is 0 Å². The molecule has 3 rings (SSSR count). The van der Waals surface area contributed by atoms with Crippen molar-refractivity contribution in [1.29, 1.82) is 0 Å². The average Bonchev–Trinajstić information content (AvgIpc) is 3.20. The highest BCUT2D eigenvalue weighted by Gasteiger charge is 2.21. The molecule has 0 spiro atoms. The maximum absolute atomic E-state index is 12.5. The van der Waals surface area contributed by atoms with E-state index in [9.17, 15) is 13.2 Å². The average molecular weight is 365 g/mol. The molecule has 1 amide bonds. The molecule has 136 valence electrons. The Morgan fingerprint density at radius 3 is 2.76 bits per heavy atom. The van der Waals surface area contributed by atoms with Crippen LogP contribution < -0.4 is 5.32 Å². The standard InChI is InChI=1S/C17H23N3O4S/c1-19(2)25(22,23)14-6-7-15-12(9-14)10-16(20(15)3)17(21)18-11-13-5-4-8-24-13/h6-7,9-10,13H,4-5,8,11H2,1-3H3,(H,18,21)/t13-/m0/s1. The summed E-state index contributed by atoms with van der Waals surface area (Å²) in [5, 5.41) is 3.61. The summed E-state index contributed by atoms with van der Waals surface area (Å²) in [5.74, 6) is -0.189. The smallest absolute Gasteiger partial charge is 0.268 e. The third kappa shape index (κ3) is 3.42. The lowest BCUT2D eigenvalue weighted by molar-refractivity contribution is 0.0851. The molecule has 1 aliphatic rings. The Morgan fingerprint density at radius 1 is 1.36 bits per heavy atom. The first-order valence-electron chi connectivity index (χ1n) is 8.22. The molecule has 1 atom stereocenters. The molecule has 1 saturated heterocycles. The first-order valence-corrected chi connectivity index (χ1v) is 9.66. The number of amides is 1. The Kier molecular flexibility index (Phi) is 4.86. The summed E-state index contributed by atoms with van der Waals surface area (Å²) in [5.41, 5.74) is 1.30. The number of nitrogens with zero attached hydrogens (tertiary/aromatic N) is 2. The molecule has 2 heterocycles. The fraction of sp³-hybridized carbons (Fsp3) is 0.471. The van der Waals surface area contributed by atoms with Crippen LogP contribution in [-0.2, 0) is 21.8 Å². The number of nitrogens with one attached hydrogen (secondary N) is 1. The van der Waals surface area contributed by atoms with E-state index >= 15 is 0 Å². The monoisotopic (exact) mass is 365 g/mol. The van der Waals surface area contributed by atoms with Gasteiger partial charge in [0.2, 0.25) is 10.0 Å². The molecule has 7 nitrogen and oxygen atoms in total. The number of carbonyl (C=O) groups is 1. The minimum atomic E-state index is -3.51. The third-order valence-corrected chi connectivity index (χ3v) is 6.35. The Morgan fingerprint density at radius 2 is 2.12 bits per heavy atom. The van der Waals surface area contributed by atoms with Crippen LogP contribution in [0, 0.1) is 0 Å². The van der Waals surface area contributed by atoms with Crippen LogP contribution in [0.25, 0.3) is 10.9 Å². The molecule has 1 aromatic carbocycles. The quantitative estimate of drug-likeness (QED) is 0.867. The molecular formula is C17H23N3O4S. The first kappa shape index (κ1) is 17.9. The van der Waals surface area contributed by atoms with Gasteiger partial charge in [-0.2, -0.15) is 0 Å². The van der Waals surface area contributed by atoms with Gasteiger partial charge >= 0.3 is 0 Å². The van der Waals surface area contributed by atoms with Crippen molar-refractivity contribution < 1.29 is 17.9 Å². The lowest BCUT2D eigenvalue weighted by Crippen LogP contribution is -2.32. The zero-order valence-electron chi connectivity index (χ0n) is 14.7. The maximum atomic E-state index is 12.5. The van der Waals surface area contributed by atoms with Gasteiger partial charge < -0.3 is 14.6 Å². The van der Waals surface area contributed by atoms with Crippen LogP contribution in [0.5, 0.6) is 0 Å². The van der Waals surface area contributed by atoms with Gasteiger partial charge in [0.25, 0.3) is 5.91 Å². The van der Waals surface area contributed by atoms with E-state index in [-0.39, 0.29) is 16.9 Å². The van der Waals surface area contributed by atoms with Crippen LogP contribution in [0.1, 0.15) is 23.3 Å². The van der Waals surface area contributed by atoms with Gasteiger partial charge in [0.1, 0.15) is 5.69 Å². The second-order valence-corrected chi connectivity index (χ2v) is 8.59. The molecule has 0 radical (unpaired) electrons. The second-order valence-electron chi connectivity index (χ2n) is 6.44. The fourth-order valence-corrected chi connectivity index (χ4v) is 3.96. The van der Waals surface area contributed by atoms with Crippen molar-refractivity contribution in [3.63, 3.8) is 0 Å². The minimum Gasteiger partial charge on any atom is -0.376 e. The van der Waals surface area contributed by atoms with Crippen molar-refractivity contribution in [2.75, 3.05) is 27.2 Å². The van der Waals surface area contributed by atoms with Gasteiger partial charge in [-0.05, 0) is 37.1 Å². The lowest BCUT2D eigenvalue weighted by atomic mass is 10.2. The summed E-state index contributed by atoms with van der Waals surface area (Å²) < 4.78 is 33.0. The van der Waals surface area contributed by atoms with Gasteiger partial charge in [0.15, 0.2) is 0 Å². The van der Waals surface area contributed by atoms with E-state index in [1.807, 2.05) is 0 Å². The predicted molar refractivity (Wildman–Crippen MR) is 95.1 cm³/mol. The summed E-state index contributed by atoms with van der Waals surface area (Å²) in [6.45, 7) is 1.23. The van der Waals surface area contributed by atoms with Crippen molar-refractivity contribution in [2.24, 2.45) is 7.05 Å². The van der Waals surface area contributed by atoms with Gasteiger partial charge in [-0.25, -0.2) is 12.7 Å².